The van der Waals surface area contributed by atoms with Crippen LogP contribution < -0.4 is 4.74 Å². The fourth-order valence-electron chi connectivity index (χ4n) is 0.735. The van der Waals surface area contributed by atoms with Crippen molar-refractivity contribution in [3.63, 3.8) is 0 Å². The van der Waals surface area contributed by atoms with Gasteiger partial charge in [-0.3, -0.25) is 0 Å². The van der Waals surface area contributed by atoms with E-state index in [1.807, 2.05) is 0 Å². The van der Waals surface area contributed by atoms with Crippen molar-refractivity contribution in [2.24, 2.45) is 0 Å². The van der Waals surface area contributed by atoms with Gasteiger partial charge in [0.25, 0.3) is 0 Å². The summed E-state index contributed by atoms with van der Waals surface area (Å²) >= 11 is 5.39. The third-order valence-corrected chi connectivity index (χ3v) is 1.46. The highest BCUT2D eigenvalue weighted by Crippen LogP contribution is 2.07. The first-order valence-corrected chi connectivity index (χ1v) is 4.15. The van der Waals surface area contributed by atoms with Crippen LogP contribution in [0.4, 0.5) is 0 Å². The van der Waals surface area contributed by atoms with E-state index in [1.54, 1.807) is 0 Å². The average Bonchev–Trinajstić information content (AvgIpc) is 2.15. The number of aromatic carboxylic acids is 1. The maximum Gasteiger partial charge on any atom is 0.337 e. The fourth-order valence-corrected chi connectivity index (χ4v) is 0.812. The van der Waals surface area contributed by atoms with Gasteiger partial charge in [0.1, 0.15) is 6.61 Å². The van der Waals surface area contributed by atoms with Gasteiger partial charge in [0.05, 0.1) is 11.4 Å². The van der Waals surface area contributed by atoms with Crippen LogP contribution in [0.15, 0.2) is 18.3 Å². The molecule has 1 heterocycles. The van der Waals surface area contributed by atoms with Gasteiger partial charge in [0.2, 0.25) is 5.88 Å². The van der Waals surface area contributed by atoms with Crippen molar-refractivity contribution in [1.82, 2.24) is 4.98 Å². The zero-order chi connectivity index (χ0) is 9.68. The maximum absolute atomic E-state index is 10.4. The Balaban J connectivity index is 2.64. The minimum absolute atomic E-state index is 0.137. The van der Waals surface area contributed by atoms with Crippen LogP contribution in [-0.2, 0) is 0 Å². The summed E-state index contributed by atoms with van der Waals surface area (Å²) in [4.78, 5) is 14.2. The minimum Gasteiger partial charge on any atom is -0.478 e. The molecule has 1 N–H and O–H groups in total. The Morgan fingerprint density at radius 2 is 2.38 bits per heavy atom. The van der Waals surface area contributed by atoms with Crippen molar-refractivity contribution in [1.29, 1.82) is 0 Å². The number of carbonyl (C=O) groups is 1. The molecule has 1 rings (SSSR count). The summed E-state index contributed by atoms with van der Waals surface area (Å²) < 4.78 is 5.05. The molecule has 70 valence electrons. The molecule has 0 spiro atoms. The highest BCUT2D eigenvalue weighted by atomic mass is 35.5. The molecule has 13 heavy (non-hydrogen) atoms. The van der Waals surface area contributed by atoms with Gasteiger partial charge in [-0.1, -0.05) is 0 Å². The number of hydrogen-bond acceptors (Lipinski definition) is 3. The predicted octanol–water partition coefficient (Wildman–Crippen LogP) is 1.40. The van der Waals surface area contributed by atoms with Crippen molar-refractivity contribution in [2.45, 2.75) is 0 Å². The molecule has 0 amide bonds. The van der Waals surface area contributed by atoms with Crippen LogP contribution in [0.1, 0.15) is 10.4 Å². The molecule has 0 saturated carbocycles. The predicted molar refractivity (Wildman–Crippen MR) is 47.4 cm³/mol. The first kappa shape index (κ1) is 9.80. The number of carboxylic acid groups (broad SMARTS) is 1. The summed E-state index contributed by atoms with van der Waals surface area (Å²) in [6, 6.07) is 2.93. The molecule has 4 nitrogen and oxygen atoms in total. The van der Waals surface area contributed by atoms with Gasteiger partial charge in [-0.25, -0.2) is 9.78 Å². The number of carboxylic acids is 1. The number of hydrogen-bond donors (Lipinski definition) is 1. The summed E-state index contributed by atoms with van der Waals surface area (Å²) in [5.41, 5.74) is 0.137. The van der Waals surface area contributed by atoms with Crippen molar-refractivity contribution in [3.05, 3.63) is 23.9 Å². The van der Waals surface area contributed by atoms with E-state index >= 15 is 0 Å². The second-order valence-electron chi connectivity index (χ2n) is 2.23. The Hall–Kier alpha value is -1.29. The number of aromatic nitrogens is 1. The quantitative estimate of drug-likeness (QED) is 0.748. The molecule has 0 unspecified atom stereocenters. The molecule has 0 aliphatic heterocycles. The number of nitrogens with zero attached hydrogens (tertiary/aromatic N) is 1. The number of alkyl halides is 1. The van der Waals surface area contributed by atoms with E-state index in [4.69, 9.17) is 21.4 Å². The van der Waals surface area contributed by atoms with E-state index in [9.17, 15) is 4.79 Å². The summed E-state index contributed by atoms with van der Waals surface area (Å²) in [7, 11) is 0. The topological polar surface area (TPSA) is 59.4 Å². The molecule has 0 aliphatic carbocycles. The lowest BCUT2D eigenvalue weighted by molar-refractivity contribution is 0.0696. The average molecular weight is 202 g/mol. The van der Waals surface area contributed by atoms with Gasteiger partial charge < -0.3 is 9.84 Å². The largest absolute Gasteiger partial charge is 0.478 e. The SMILES string of the molecule is O=C(O)c1ccc(OCCCl)nc1. The van der Waals surface area contributed by atoms with E-state index in [-0.39, 0.29) is 5.56 Å². The highest BCUT2D eigenvalue weighted by Gasteiger charge is 2.02. The third-order valence-electron chi connectivity index (χ3n) is 1.31. The monoisotopic (exact) mass is 201 g/mol. The number of ether oxygens (including phenoxy) is 1. The molecule has 1 aromatic rings. The normalized spacial score (nSPS) is 9.62. The number of pyridine rings is 1. The lowest BCUT2D eigenvalue weighted by atomic mass is 10.3. The fraction of sp³-hybridized carbons (Fsp3) is 0.250. The molecular weight excluding hydrogens is 194 g/mol. The Bertz CT molecular complexity index is 286. The summed E-state index contributed by atoms with van der Waals surface area (Å²) in [5.74, 6) is -0.246. The van der Waals surface area contributed by atoms with Crippen molar-refractivity contribution < 1.29 is 14.6 Å². The van der Waals surface area contributed by atoms with E-state index in [0.717, 1.165) is 0 Å². The van der Waals surface area contributed by atoms with Crippen molar-refractivity contribution in [2.75, 3.05) is 12.5 Å². The van der Waals surface area contributed by atoms with Gasteiger partial charge in [0, 0.05) is 12.3 Å². The van der Waals surface area contributed by atoms with Gasteiger partial charge in [0.15, 0.2) is 0 Å². The molecule has 0 bridgehead atoms. The van der Waals surface area contributed by atoms with Crippen LogP contribution in [-0.4, -0.2) is 28.5 Å². The standard InChI is InChI=1S/C8H8ClNO3/c9-3-4-13-7-2-1-6(5-10-7)8(11)12/h1-2,5H,3-4H2,(H,11,12). The van der Waals surface area contributed by atoms with Crippen LogP contribution in [0.5, 0.6) is 5.88 Å². The Labute approximate surface area is 80.1 Å². The third kappa shape index (κ3) is 2.91. The molecular formula is C8H8ClNO3. The molecule has 5 heteroatoms. The molecule has 0 saturated heterocycles. The van der Waals surface area contributed by atoms with Crippen LogP contribution in [0, 0.1) is 0 Å². The Kier molecular flexibility index (Phi) is 3.52. The molecule has 0 atom stereocenters. The second kappa shape index (κ2) is 4.67. The van der Waals surface area contributed by atoms with E-state index in [0.29, 0.717) is 18.4 Å². The molecule has 0 radical (unpaired) electrons. The summed E-state index contributed by atoms with van der Waals surface area (Å²) in [5, 5.41) is 8.55. The van der Waals surface area contributed by atoms with Gasteiger partial charge in [-0.05, 0) is 6.07 Å². The Morgan fingerprint density at radius 3 is 2.85 bits per heavy atom. The molecule has 0 aliphatic rings. The first-order valence-electron chi connectivity index (χ1n) is 3.62. The molecule has 1 aromatic heterocycles. The zero-order valence-corrected chi connectivity index (χ0v) is 7.49. The molecule has 0 fully saturated rings. The Morgan fingerprint density at radius 1 is 1.62 bits per heavy atom. The number of rotatable bonds is 4. The van der Waals surface area contributed by atoms with Gasteiger partial charge >= 0.3 is 5.97 Å². The second-order valence-corrected chi connectivity index (χ2v) is 2.61. The van der Waals surface area contributed by atoms with E-state index in [1.165, 1.54) is 18.3 Å². The lowest BCUT2D eigenvalue weighted by Gasteiger charge is -2.01. The zero-order valence-electron chi connectivity index (χ0n) is 6.74. The smallest absolute Gasteiger partial charge is 0.337 e. The van der Waals surface area contributed by atoms with Gasteiger partial charge in [-0.2, -0.15) is 0 Å². The first-order chi connectivity index (χ1) is 6.24. The van der Waals surface area contributed by atoms with Crippen LogP contribution in [0.3, 0.4) is 0 Å². The highest BCUT2D eigenvalue weighted by molar-refractivity contribution is 6.17. The lowest BCUT2D eigenvalue weighted by Crippen LogP contribution is -2.01. The van der Waals surface area contributed by atoms with Crippen LogP contribution in [0.2, 0.25) is 0 Å². The van der Waals surface area contributed by atoms with Crippen molar-refractivity contribution >= 4 is 17.6 Å². The molecule has 0 aromatic carbocycles. The van der Waals surface area contributed by atoms with E-state index in [2.05, 4.69) is 4.98 Å². The minimum atomic E-state index is -1.00. The van der Waals surface area contributed by atoms with E-state index < -0.39 is 5.97 Å². The van der Waals surface area contributed by atoms with Crippen molar-refractivity contribution in [3.8, 4) is 5.88 Å². The summed E-state index contributed by atoms with van der Waals surface area (Å²) in [6.45, 7) is 0.362. The van der Waals surface area contributed by atoms with Crippen LogP contribution in [0.25, 0.3) is 0 Å². The summed E-state index contributed by atoms with van der Waals surface area (Å²) in [6.07, 6.45) is 1.24. The maximum atomic E-state index is 10.4. The van der Waals surface area contributed by atoms with Gasteiger partial charge in [-0.15, -0.1) is 11.6 Å². The van der Waals surface area contributed by atoms with Crippen LogP contribution >= 0.6 is 11.6 Å². The number of halogens is 1.